The number of hydrogen-bond acceptors (Lipinski definition) is 4. The van der Waals surface area contributed by atoms with E-state index in [2.05, 4.69) is 32.8 Å². The van der Waals surface area contributed by atoms with Gasteiger partial charge in [-0.2, -0.15) is 0 Å². The first-order chi connectivity index (χ1) is 11.1. The number of oxazole rings is 1. The fourth-order valence-electron chi connectivity index (χ4n) is 3.03. The average molecular weight is 316 g/mol. The first-order valence-corrected chi connectivity index (χ1v) is 7.78. The van der Waals surface area contributed by atoms with Gasteiger partial charge in [-0.1, -0.05) is 0 Å². The molecule has 0 saturated heterocycles. The molecule has 7 heteroatoms. The van der Waals surface area contributed by atoms with E-state index in [1.165, 1.54) is 6.39 Å². The number of carbonyl (C=O) groups is 2. The van der Waals surface area contributed by atoms with Gasteiger partial charge in [0.15, 0.2) is 12.1 Å². The molecule has 0 aromatic carbocycles. The van der Waals surface area contributed by atoms with Crippen molar-refractivity contribution in [2.24, 2.45) is 5.92 Å². The van der Waals surface area contributed by atoms with Crippen molar-refractivity contribution < 1.29 is 14.0 Å². The molecule has 0 bridgehead atoms. The fourth-order valence-corrected chi connectivity index (χ4v) is 3.03. The maximum Gasteiger partial charge on any atom is 0.291 e. The van der Waals surface area contributed by atoms with E-state index in [-0.39, 0.29) is 17.5 Å². The third-order valence-electron chi connectivity index (χ3n) is 4.38. The van der Waals surface area contributed by atoms with Gasteiger partial charge in [0.1, 0.15) is 5.76 Å². The summed E-state index contributed by atoms with van der Waals surface area (Å²) in [5, 5.41) is 0. The normalized spacial score (nSPS) is 20.9. The van der Waals surface area contributed by atoms with Gasteiger partial charge in [-0.05, 0) is 44.7 Å². The summed E-state index contributed by atoms with van der Waals surface area (Å²) < 4.78 is 7.17. The summed E-state index contributed by atoms with van der Waals surface area (Å²) in [6.45, 7) is 1.65. The summed E-state index contributed by atoms with van der Waals surface area (Å²) in [6.07, 6.45) is 8.87. The number of aromatic nitrogens is 2. The molecule has 23 heavy (non-hydrogen) atoms. The quantitative estimate of drug-likeness (QED) is 0.847. The van der Waals surface area contributed by atoms with Crippen molar-refractivity contribution >= 4 is 11.8 Å². The largest absolute Gasteiger partial charge is 0.448 e. The maximum absolute atomic E-state index is 12.2. The zero-order valence-electron chi connectivity index (χ0n) is 13.0. The lowest BCUT2D eigenvalue weighted by Gasteiger charge is -2.28. The Bertz CT molecular complexity index is 669. The number of nitrogens with one attached hydrogen (secondary N) is 2. The smallest absolute Gasteiger partial charge is 0.291 e. The van der Waals surface area contributed by atoms with Crippen LogP contribution in [0.2, 0.25) is 0 Å². The van der Waals surface area contributed by atoms with Crippen LogP contribution in [0.25, 0.3) is 0 Å². The second kappa shape index (κ2) is 6.68. The van der Waals surface area contributed by atoms with Crippen LogP contribution in [0.4, 0.5) is 0 Å². The first-order valence-electron chi connectivity index (χ1n) is 7.78. The Morgan fingerprint density at radius 2 is 1.87 bits per heavy atom. The third-order valence-corrected chi connectivity index (χ3v) is 4.38. The van der Waals surface area contributed by atoms with E-state index in [1.807, 2.05) is 12.1 Å². The van der Waals surface area contributed by atoms with Gasteiger partial charge in [0.05, 0.1) is 0 Å². The monoisotopic (exact) mass is 316 g/mol. The fraction of sp³-hybridized carbons (Fsp3) is 0.438. The SMILES string of the molecule is Cc1ocnc1C(=O)NNC(=O)C1CCC(n2cccc2)CC1. The van der Waals surface area contributed by atoms with Crippen LogP contribution in [0.1, 0.15) is 48.0 Å². The zero-order chi connectivity index (χ0) is 16.2. The molecule has 1 aliphatic rings. The van der Waals surface area contributed by atoms with Crippen LogP contribution in [0, 0.1) is 12.8 Å². The van der Waals surface area contributed by atoms with E-state index >= 15 is 0 Å². The Labute approximate surface area is 134 Å². The Balaban J connectivity index is 1.46. The van der Waals surface area contributed by atoms with Gasteiger partial charge in [0, 0.05) is 24.4 Å². The molecular formula is C16H20N4O3. The third kappa shape index (κ3) is 3.44. The van der Waals surface area contributed by atoms with Crippen LogP contribution in [0.15, 0.2) is 35.3 Å². The van der Waals surface area contributed by atoms with Gasteiger partial charge in [-0.15, -0.1) is 0 Å². The molecule has 2 N–H and O–H groups in total. The van der Waals surface area contributed by atoms with Crippen molar-refractivity contribution in [1.82, 2.24) is 20.4 Å². The van der Waals surface area contributed by atoms with Gasteiger partial charge in [0.25, 0.3) is 5.91 Å². The Morgan fingerprint density at radius 1 is 1.17 bits per heavy atom. The number of hydrogen-bond donors (Lipinski definition) is 2. The molecule has 1 aliphatic carbocycles. The Hall–Kier alpha value is -2.57. The molecule has 1 fully saturated rings. The molecule has 2 aromatic heterocycles. The lowest BCUT2D eigenvalue weighted by Crippen LogP contribution is -2.45. The van der Waals surface area contributed by atoms with E-state index in [9.17, 15) is 9.59 Å². The number of rotatable bonds is 3. The van der Waals surface area contributed by atoms with E-state index in [0.29, 0.717) is 11.8 Å². The predicted octanol–water partition coefficient (Wildman–Crippen LogP) is 1.98. The molecule has 0 radical (unpaired) electrons. The molecule has 3 rings (SSSR count). The average Bonchev–Trinajstić information content (AvgIpc) is 3.24. The number of aryl methyl sites for hydroxylation is 1. The van der Waals surface area contributed by atoms with E-state index in [1.54, 1.807) is 6.92 Å². The van der Waals surface area contributed by atoms with Crippen molar-refractivity contribution in [3.8, 4) is 0 Å². The maximum atomic E-state index is 12.2. The molecule has 122 valence electrons. The Morgan fingerprint density at radius 3 is 2.48 bits per heavy atom. The number of carbonyl (C=O) groups excluding carboxylic acids is 2. The molecule has 0 atom stereocenters. The van der Waals surface area contributed by atoms with Crippen molar-refractivity contribution in [3.05, 3.63) is 42.4 Å². The zero-order valence-corrected chi connectivity index (χ0v) is 13.0. The van der Waals surface area contributed by atoms with Crippen molar-refractivity contribution in [2.75, 3.05) is 0 Å². The molecule has 2 aromatic rings. The molecule has 0 aliphatic heterocycles. The van der Waals surface area contributed by atoms with E-state index in [4.69, 9.17) is 4.42 Å². The minimum atomic E-state index is -0.467. The molecular weight excluding hydrogens is 296 g/mol. The van der Waals surface area contributed by atoms with Crippen molar-refractivity contribution in [2.45, 2.75) is 38.6 Å². The minimum Gasteiger partial charge on any atom is -0.448 e. The van der Waals surface area contributed by atoms with E-state index < -0.39 is 5.91 Å². The molecule has 2 amide bonds. The molecule has 0 spiro atoms. The van der Waals surface area contributed by atoms with Crippen LogP contribution in [-0.2, 0) is 4.79 Å². The summed E-state index contributed by atoms with van der Waals surface area (Å²) >= 11 is 0. The highest BCUT2D eigenvalue weighted by molar-refractivity contribution is 5.94. The van der Waals surface area contributed by atoms with Crippen molar-refractivity contribution in [1.29, 1.82) is 0 Å². The highest BCUT2D eigenvalue weighted by Gasteiger charge is 2.27. The topological polar surface area (TPSA) is 89.2 Å². The second-order valence-corrected chi connectivity index (χ2v) is 5.84. The molecule has 1 saturated carbocycles. The van der Waals surface area contributed by atoms with Crippen molar-refractivity contribution in [3.63, 3.8) is 0 Å². The number of hydrazine groups is 1. The number of amides is 2. The molecule has 7 nitrogen and oxygen atoms in total. The summed E-state index contributed by atoms with van der Waals surface area (Å²) in [5.41, 5.74) is 5.07. The van der Waals surface area contributed by atoms with Gasteiger partial charge >= 0.3 is 0 Å². The summed E-state index contributed by atoms with van der Waals surface area (Å²) in [7, 11) is 0. The molecule has 2 heterocycles. The minimum absolute atomic E-state index is 0.0690. The highest BCUT2D eigenvalue weighted by atomic mass is 16.3. The lowest BCUT2D eigenvalue weighted by atomic mass is 9.85. The van der Waals surface area contributed by atoms with Gasteiger partial charge in [-0.25, -0.2) is 4.98 Å². The first kappa shape index (κ1) is 15.3. The van der Waals surface area contributed by atoms with Crippen LogP contribution in [0.5, 0.6) is 0 Å². The van der Waals surface area contributed by atoms with E-state index in [0.717, 1.165) is 25.7 Å². The van der Waals surface area contributed by atoms with Crippen LogP contribution in [0.3, 0.4) is 0 Å². The summed E-state index contributed by atoms with van der Waals surface area (Å²) in [6, 6.07) is 4.49. The Kier molecular flexibility index (Phi) is 4.45. The van der Waals surface area contributed by atoms with Crippen LogP contribution in [-0.4, -0.2) is 21.4 Å². The lowest BCUT2D eigenvalue weighted by molar-refractivity contribution is -0.126. The van der Waals surface area contributed by atoms with Gasteiger partial charge < -0.3 is 8.98 Å². The highest BCUT2D eigenvalue weighted by Crippen LogP contribution is 2.32. The summed E-state index contributed by atoms with van der Waals surface area (Å²) in [4.78, 5) is 27.9. The summed E-state index contributed by atoms with van der Waals surface area (Å²) in [5.74, 6) is -0.263. The standard InChI is InChI=1S/C16H20N4O3/c1-11-14(17-10-23-11)16(22)19-18-15(21)12-4-6-13(7-5-12)20-8-2-3-9-20/h2-3,8-10,12-13H,4-7H2,1H3,(H,18,21)(H,19,22). The second-order valence-electron chi connectivity index (χ2n) is 5.84. The van der Waals surface area contributed by atoms with Gasteiger partial charge in [0.2, 0.25) is 5.91 Å². The van der Waals surface area contributed by atoms with Crippen LogP contribution < -0.4 is 10.9 Å². The van der Waals surface area contributed by atoms with Crippen LogP contribution >= 0.6 is 0 Å². The number of nitrogens with zero attached hydrogens (tertiary/aromatic N) is 2. The predicted molar refractivity (Wildman–Crippen MR) is 82.3 cm³/mol. The molecule has 0 unspecified atom stereocenters. The van der Waals surface area contributed by atoms with Gasteiger partial charge in [-0.3, -0.25) is 20.4 Å².